The highest BCUT2D eigenvalue weighted by atomic mass is 32.1. The SMILES string of the molecule is COC(=O)Oc1ccsc1N. The number of anilines is 1. The summed E-state index contributed by atoms with van der Waals surface area (Å²) < 4.78 is 8.93. The van der Waals surface area contributed by atoms with Crippen LogP contribution >= 0.6 is 11.3 Å². The Balaban J connectivity index is 2.64. The van der Waals surface area contributed by atoms with E-state index in [1.165, 1.54) is 18.4 Å². The maximum Gasteiger partial charge on any atom is 0.513 e. The van der Waals surface area contributed by atoms with Gasteiger partial charge in [-0.3, -0.25) is 0 Å². The number of thiophene rings is 1. The van der Waals surface area contributed by atoms with Gasteiger partial charge in [0.25, 0.3) is 0 Å². The van der Waals surface area contributed by atoms with Crippen molar-refractivity contribution in [3.8, 4) is 5.75 Å². The monoisotopic (exact) mass is 173 g/mol. The predicted molar refractivity (Wildman–Crippen MR) is 41.8 cm³/mol. The van der Waals surface area contributed by atoms with Gasteiger partial charge in [0.2, 0.25) is 0 Å². The van der Waals surface area contributed by atoms with E-state index < -0.39 is 6.16 Å². The fourth-order valence-corrected chi connectivity index (χ4v) is 1.09. The zero-order valence-electron chi connectivity index (χ0n) is 5.87. The molecule has 4 nitrogen and oxygen atoms in total. The Hall–Kier alpha value is -1.23. The first-order chi connectivity index (χ1) is 5.24. The molecule has 0 aliphatic carbocycles. The molecule has 0 aliphatic heterocycles. The van der Waals surface area contributed by atoms with Crippen molar-refractivity contribution in [3.63, 3.8) is 0 Å². The number of rotatable bonds is 1. The summed E-state index contributed by atoms with van der Waals surface area (Å²) in [4.78, 5) is 10.5. The average Bonchev–Trinajstić information content (AvgIpc) is 2.37. The summed E-state index contributed by atoms with van der Waals surface area (Å²) in [5, 5.41) is 2.20. The topological polar surface area (TPSA) is 61.5 Å². The quantitative estimate of drug-likeness (QED) is 0.653. The largest absolute Gasteiger partial charge is 0.513 e. The summed E-state index contributed by atoms with van der Waals surface area (Å²) in [5.41, 5.74) is 5.43. The molecule has 1 aromatic rings. The Labute approximate surface area is 67.5 Å². The number of methoxy groups -OCH3 is 1. The molecule has 0 aromatic carbocycles. The molecule has 1 rings (SSSR count). The van der Waals surface area contributed by atoms with E-state index in [1.807, 2.05) is 0 Å². The molecule has 0 spiro atoms. The Kier molecular flexibility index (Phi) is 2.32. The van der Waals surface area contributed by atoms with Gasteiger partial charge in [-0.05, 0) is 11.4 Å². The van der Waals surface area contributed by atoms with Gasteiger partial charge in [0.15, 0.2) is 5.75 Å². The Morgan fingerprint density at radius 3 is 2.91 bits per heavy atom. The molecule has 0 amide bonds. The van der Waals surface area contributed by atoms with Crippen molar-refractivity contribution in [2.45, 2.75) is 0 Å². The molecule has 5 heteroatoms. The molecule has 2 N–H and O–H groups in total. The minimum atomic E-state index is -0.755. The van der Waals surface area contributed by atoms with Crippen molar-refractivity contribution in [2.75, 3.05) is 12.8 Å². The second kappa shape index (κ2) is 3.25. The van der Waals surface area contributed by atoms with Crippen LogP contribution in [-0.4, -0.2) is 13.3 Å². The smallest absolute Gasteiger partial charge is 0.437 e. The maximum absolute atomic E-state index is 10.5. The summed E-state index contributed by atoms with van der Waals surface area (Å²) in [6.07, 6.45) is -0.755. The van der Waals surface area contributed by atoms with Crippen molar-refractivity contribution >= 4 is 22.5 Å². The van der Waals surface area contributed by atoms with E-state index in [0.717, 1.165) is 0 Å². The Morgan fingerprint density at radius 1 is 1.73 bits per heavy atom. The lowest BCUT2D eigenvalue weighted by Crippen LogP contribution is -2.07. The fraction of sp³-hybridized carbons (Fsp3) is 0.167. The molecule has 0 aliphatic rings. The number of carbonyl (C=O) groups excluding carboxylic acids is 1. The van der Waals surface area contributed by atoms with Gasteiger partial charge in [-0.15, -0.1) is 11.3 Å². The highest BCUT2D eigenvalue weighted by Gasteiger charge is 2.06. The minimum Gasteiger partial charge on any atom is -0.437 e. The molecular weight excluding hydrogens is 166 g/mol. The van der Waals surface area contributed by atoms with Gasteiger partial charge in [0.1, 0.15) is 5.00 Å². The third kappa shape index (κ3) is 1.84. The summed E-state index contributed by atoms with van der Waals surface area (Å²) in [6, 6.07) is 1.61. The van der Waals surface area contributed by atoms with Crippen molar-refractivity contribution in [1.29, 1.82) is 0 Å². The van der Waals surface area contributed by atoms with Crippen LogP contribution in [0.2, 0.25) is 0 Å². The van der Waals surface area contributed by atoms with Crippen molar-refractivity contribution in [2.24, 2.45) is 0 Å². The molecule has 0 fully saturated rings. The number of carbonyl (C=O) groups is 1. The van der Waals surface area contributed by atoms with Crippen LogP contribution in [-0.2, 0) is 4.74 Å². The van der Waals surface area contributed by atoms with Crippen LogP contribution in [0.3, 0.4) is 0 Å². The van der Waals surface area contributed by atoms with Crippen LogP contribution in [0.25, 0.3) is 0 Å². The zero-order valence-corrected chi connectivity index (χ0v) is 6.68. The average molecular weight is 173 g/mol. The van der Waals surface area contributed by atoms with E-state index in [1.54, 1.807) is 11.4 Å². The van der Waals surface area contributed by atoms with Gasteiger partial charge >= 0.3 is 6.16 Å². The molecule has 1 aromatic heterocycles. The normalized spacial score (nSPS) is 9.18. The summed E-state index contributed by atoms with van der Waals surface area (Å²) in [5.74, 6) is 0.349. The van der Waals surface area contributed by atoms with Crippen LogP contribution in [0.5, 0.6) is 5.75 Å². The molecule has 1 heterocycles. The van der Waals surface area contributed by atoms with Crippen LogP contribution in [0.15, 0.2) is 11.4 Å². The van der Waals surface area contributed by atoms with Gasteiger partial charge in [-0.2, -0.15) is 0 Å². The third-order valence-corrected chi connectivity index (χ3v) is 1.74. The summed E-state index contributed by atoms with van der Waals surface area (Å²) >= 11 is 1.30. The van der Waals surface area contributed by atoms with Crippen LogP contribution < -0.4 is 10.5 Å². The number of hydrogen-bond acceptors (Lipinski definition) is 5. The lowest BCUT2D eigenvalue weighted by atomic mass is 10.6. The van der Waals surface area contributed by atoms with Crippen LogP contribution in [0.4, 0.5) is 9.80 Å². The van der Waals surface area contributed by atoms with Gasteiger partial charge in [-0.25, -0.2) is 4.79 Å². The molecular formula is C6H7NO3S. The molecule has 0 bridgehead atoms. The van der Waals surface area contributed by atoms with E-state index in [4.69, 9.17) is 5.73 Å². The van der Waals surface area contributed by atoms with Gasteiger partial charge in [-0.1, -0.05) is 0 Å². The molecule has 60 valence electrons. The summed E-state index contributed by atoms with van der Waals surface area (Å²) in [7, 11) is 1.24. The lowest BCUT2D eigenvalue weighted by Gasteiger charge is -1.99. The van der Waals surface area contributed by atoms with Crippen molar-refractivity contribution in [3.05, 3.63) is 11.4 Å². The van der Waals surface area contributed by atoms with E-state index in [0.29, 0.717) is 10.8 Å². The Morgan fingerprint density at radius 2 is 2.45 bits per heavy atom. The van der Waals surface area contributed by atoms with Crippen LogP contribution in [0, 0.1) is 0 Å². The predicted octanol–water partition coefficient (Wildman–Crippen LogP) is 1.48. The van der Waals surface area contributed by atoms with Crippen molar-refractivity contribution < 1.29 is 14.3 Å². The number of hydrogen-bond donors (Lipinski definition) is 1. The second-order valence-electron chi connectivity index (χ2n) is 1.71. The lowest BCUT2D eigenvalue weighted by molar-refractivity contribution is 0.122. The van der Waals surface area contributed by atoms with E-state index in [2.05, 4.69) is 9.47 Å². The molecule has 0 saturated carbocycles. The third-order valence-electron chi connectivity index (χ3n) is 1.02. The van der Waals surface area contributed by atoms with Gasteiger partial charge in [0.05, 0.1) is 7.11 Å². The highest BCUT2D eigenvalue weighted by Crippen LogP contribution is 2.27. The standard InChI is InChI=1S/C6H7NO3S/c1-9-6(8)10-4-2-3-11-5(4)7/h2-3H,7H2,1H3. The first kappa shape index (κ1) is 7.87. The van der Waals surface area contributed by atoms with Gasteiger partial charge in [0, 0.05) is 0 Å². The zero-order chi connectivity index (χ0) is 8.27. The molecule has 0 unspecified atom stereocenters. The number of nitrogen functional groups attached to an aromatic ring is 1. The molecule has 11 heavy (non-hydrogen) atoms. The van der Waals surface area contributed by atoms with E-state index in [9.17, 15) is 4.79 Å². The first-order valence-electron chi connectivity index (χ1n) is 2.83. The number of nitrogens with two attached hydrogens (primary N) is 1. The van der Waals surface area contributed by atoms with E-state index >= 15 is 0 Å². The summed E-state index contributed by atoms with van der Waals surface area (Å²) in [6.45, 7) is 0. The van der Waals surface area contributed by atoms with E-state index in [-0.39, 0.29) is 0 Å². The molecule has 0 atom stereocenters. The fourth-order valence-electron chi connectivity index (χ4n) is 0.525. The highest BCUT2D eigenvalue weighted by molar-refractivity contribution is 7.14. The van der Waals surface area contributed by atoms with Crippen molar-refractivity contribution in [1.82, 2.24) is 0 Å². The minimum absolute atomic E-state index is 0.349. The second-order valence-corrected chi connectivity index (χ2v) is 2.65. The van der Waals surface area contributed by atoms with Crippen LogP contribution in [0.1, 0.15) is 0 Å². The maximum atomic E-state index is 10.5. The Bertz CT molecular complexity index is 258. The van der Waals surface area contributed by atoms with Gasteiger partial charge < -0.3 is 15.2 Å². The number of ether oxygens (including phenoxy) is 2. The molecule has 0 saturated heterocycles. The molecule has 0 radical (unpaired) electrons. The first-order valence-corrected chi connectivity index (χ1v) is 3.70.